The van der Waals surface area contributed by atoms with Crippen LogP contribution in [0.1, 0.15) is 13.3 Å². The first-order chi connectivity index (χ1) is 8.77. The highest BCUT2D eigenvalue weighted by molar-refractivity contribution is 7.90. The van der Waals surface area contributed by atoms with Crippen LogP contribution in [-0.4, -0.2) is 21.0 Å². The molecule has 4 N–H and O–H groups in total. The third kappa shape index (κ3) is 3.78. The summed E-state index contributed by atoms with van der Waals surface area (Å²) in [5, 5.41) is 2.23. The third-order valence-corrected chi connectivity index (χ3v) is 3.40. The summed E-state index contributed by atoms with van der Waals surface area (Å²) < 4.78 is 51.4. The van der Waals surface area contributed by atoms with Crippen LogP contribution in [0.25, 0.3) is 0 Å². The number of anilines is 1. The topological polar surface area (TPSA) is 101 Å². The first-order valence-corrected chi connectivity index (χ1v) is 6.81. The molecule has 0 saturated heterocycles. The highest BCUT2D eigenvalue weighted by Gasteiger charge is 2.24. The number of sulfonamides is 1. The standard InChI is InChI=1S/C10H13F2N3O3S/c1-2-3-14-10(16)15-19(17,18)8-5-6(13)4-7(11)9(8)12/h4-5H,2-3,13H2,1H3,(H2,14,15,16). The van der Waals surface area contributed by atoms with E-state index in [9.17, 15) is 22.0 Å². The summed E-state index contributed by atoms with van der Waals surface area (Å²) in [5.74, 6) is -3.00. The maximum absolute atomic E-state index is 13.4. The summed E-state index contributed by atoms with van der Waals surface area (Å²) in [6, 6.07) is 0.350. The molecule has 0 aliphatic carbocycles. The fourth-order valence-electron chi connectivity index (χ4n) is 1.23. The highest BCUT2D eigenvalue weighted by Crippen LogP contribution is 2.20. The monoisotopic (exact) mass is 293 g/mol. The molecule has 0 unspecified atom stereocenters. The lowest BCUT2D eigenvalue weighted by Gasteiger charge is -2.09. The molecule has 1 aromatic carbocycles. The van der Waals surface area contributed by atoms with Crippen molar-refractivity contribution in [2.45, 2.75) is 18.2 Å². The van der Waals surface area contributed by atoms with Crippen LogP contribution in [0.2, 0.25) is 0 Å². The fraction of sp³-hybridized carbons (Fsp3) is 0.300. The van der Waals surface area contributed by atoms with E-state index in [-0.39, 0.29) is 12.2 Å². The second-order valence-electron chi connectivity index (χ2n) is 3.68. The molecule has 2 amide bonds. The first-order valence-electron chi connectivity index (χ1n) is 5.33. The lowest BCUT2D eigenvalue weighted by Crippen LogP contribution is -2.40. The van der Waals surface area contributed by atoms with E-state index in [2.05, 4.69) is 5.32 Å². The highest BCUT2D eigenvalue weighted by atomic mass is 32.2. The van der Waals surface area contributed by atoms with E-state index in [0.717, 1.165) is 6.07 Å². The van der Waals surface area contributed by atoms with E-state index in [4.69, 9.17) is 5.73 Å². The van der Waals surface area contributed by atoms with Gasteiger partial charge in [-0.3, -0.25) is 0 Å². The molecule has 106 valence electrons. The molecule has 0 saturated carbocycles. The fourth-order valence-corrected chi connectivity index (χ4v) is 2.28. The molecule has 1 aromatic rings. The number of nitrogens with one attached hydrogen (secondary N) is 2. The Morgan fingerprint density at radius 3 is 2.58 bits per heavy atom. The Morgan fingerprint density at radius 1 is 1.37 bits per heavy atom. The van der Waals surface area contributed by atoms with E-state index < -0.39 is 32.6 Å². The van der Waals surface area contributed by atoms with Crippen LogP contribution in [0.15, 0.2) is 17.0 Å². The van der Waals surface area contributed by atoms with E-state index in [1.165, 1.54) is 0 Å². The Hall–Kier alpha value is -1.90. The molecule has 0 atom stereocenters. The van der Waals surface area contributed by atoms with Crippen molar-refractivity contribution in [3.8, 4) is 0 Å². The van der Waals surface area contributed by atoms with Crippen molar-refractivity contribution in [3.63, 3.8) is 0 Å². The quantitative estimate of drug-likeness (QED) is 0.719. The maximum atomic E-state index is 13.4. The van der Waals surface area contributed by atoms with Gasteiger partial charge in [0.1, 0.15) is 4.90 Å². The average Bonchev–Trinajstić information content (AvgIpc) is 2.30. The molecule has 0 aromatic heterocycles. The SMILES string of the molecule is CCCNC(=O)NS(=O)(=O)c1cc(N)cc(F)c1F. The van der Waals surface area contributed by atoms with Crippen LogP contribution < -0.4 is 15.8 Å². The molecule has 0 bridgehead atoms. The number of benzene rings is 1. The third-order valence-electron chi connectivity index (χ3n) is 2.07. The van der Waals surface area contributed by atoms with Gasteiger partial charge in [-0.15, -0.1) is 0 Å². The summed E-state index contributed by atoms with van der Waals surface area (Å²) in [5.41, 5.74) is 4.97. The molecule has 0 heterocycles. The smallest absolute Gasteiger partial charge is 0.328 e. The second kappa shape index (κ2) is 5.83. The van der Waals surface area contributed by atoms with Crippen LogP contribution >= 0.6 is 0 Å². The predicted molar refractivity (Wildman–Crippen MR) is 64.8 cm³/mol. The van der Waals surface area contributed by atoms with E-state index in [0.29, 0.717) is 12.5 Å². The van der Waals surface area contributed by atoms with E-state index >= 15 is 0 Å². The van der Waals surface area contributed by atoms with Gasteiger partial charge in [0.2, 0.25) is 0 Å². The molecular formula is C10H13F2N3O3S. The van der Waals surface area contributed by atoms with Gasteiger partial charge < -0.3 is 11.1 Å². The average molecular weight is 293 g/mol. The van der Waals surface area contributed by atoms with Crippen LogP contribution in [0.3, 0.4) is 0 Å². The van der Waals surface area contributed by atoms with Crippen LogP contribution in [0.5, 0.6) is 0 Å². The predicted octanol–water partition coefficient (Wildman–Crippen LogP) is 0.945. The normalized spacial score (nSPS) is 11.1. The zero-order valence-electron chi connectivity index (χ0n) is 10.0. The number of urea groups is 1. The second-order valence-corrected chi connectivity index (χ2v) is 5.33. The summed E-state index contributed by atoms with van der Waals surface area (Å²) in [6.45, 7) is 2.01. The Balaban J connectivity index is 3.04. The molecule has 1 rings (SSSR count). The van der Waals surface area contributed by atoms with Gasteiger partial charge in [-0.2, -0.15) is 0 Å². The minimum Gasteiger partial charge on any atom is -0.399 e. The summed E-state index contributed by atoms with van der Waals surface area (Å²) in [4.78, 5) is 10.2. The van der Waals surface area contributed by atoms with Gasteiger partial charge in [-0.1, -0.05) is 6.92 Å². The molecule has 0 radical (unpaired) electrons. The van der Waals surface area contributed by atoms with Gasteiger partial charge in [0.05, 0.1) is 0 Å². The summed E-state index contributed by atoms with van der Waals surface area (Å²) in [6.07, 6.45) is 0.592. The Morgan fingerprint density at radius 2 is 2.00 bits per heavy atom. The number of amides is 2. The zero-order valence-corrected chi connectivity index (χ0v) is 10.9. The molecule has 0 aliphatic heterocycles. The summed E-state index contributed by atoms with van der Waals surface area (Å²) >= 11 is 0. The van der Waals surface area contributed by atoms with Gasteiger partial charge in [0.25, 0.3) is 10.0 Å². The van der Waals surface area contributed by atoms with Crippen molar-refractivity contribution >= 4 is 21.7 Å². The molecule has 19 heavy (non-hydrogen) atoms. The Bertz CT molecular complexity index is 590. The summed E-state index contributed by atoms with van der Waals surface area (Å²) in [7, 11) is -4.52. The molecule has 9 heteroatoms. The number of halogens is 2. The van der Waals surface area contributed by atoms with Gasteiger partial charge >= 0.3 is 6.03 Å². The van der Waals surface area contributed by atoms with Gasteiger partial charge in [-0.25, -0.2) is 26.7 Å². The largest absolute Gasteiger partial charge is 0.399 e. The zero-order chi connectivity index (χ0) is 14.6. The Kier molecular flexibility index (Phi) is 4.65. The molecule has 0 fully saturated rings. The molecular weight excluding hydrogens is 280 g/mol. The van der Waals surface area contributed by atoms with Crippen LogP contribution in [0, 0.1) is 11.6 Å². The van der Waals surface area contributed by atoms with Crippen molar-refractivity contribution in [2.75, 3.05) is 12.3 Å². The first kappa shape index (κ1) is 15.2. The van der Waals surface area contributed by atoms with Crippen LogP contribution in [-0.2, 0) is 10.0 Å². The number of carbonyl (C=O) groups is 1. The van der Waals surface area contributed by atoms with Crippen molar-refractivity contribution in [2.24, 2.45) is 0 Å². The van der Waals surface area contributed by atoms with Crippen LogP contribution in [0.4, 0.5) is 19.3 Å². The number of nitrogen functional groups attached to an aromatic ring is 1. The lowest BCUT2D eigenvalue weighted by atomic mass is 10.3. The molecule has 0 spiro atoms. The van der Waals surface area contributed by atoms with E-state index in [1.54, 1.807) is 11.6 Å². The maximum Gasteiger partial charge on any atom is 0.328 e. The molecule has 0 aliphatic rings. The van der Waals surface area contributed by atoms with Gasteiger partial charge in [-0.05, 0) is 18.6 Å². The van der Waals surface area contributed by atoms with Crippen molar-refractivity contribution < 1.29 is 22.0 Å². The minimum atomic E-state index is -4.52. The number of rotatable bonds is 4. The van der Waals surface area contributed by atoms with E-state index in [1.807, 2.05) is 0 Å². The van der Waals surface area contributed by atoms with Gasteiger partial charge in [0.15, 0.2) is 11.6 Å². The Labute approximate surface area is 109 Å². The van der Waals surface area contributed by atoms with Crippen molar-refractivity contribution in [1.82, 2.24) is 10.0 Å². The van der Waals surface area contributed by atoms with Crippen molar-refractivity contribution in [1.29, 1.82) is 0 Å². The number of hydrogen-bond acceptors (Lipinski definition) is 4. The lowest BCUT2D eigenvalue weighted by molar-refractivity contribution is 0.246. The molecule has 6 nitrogen and oxygen atoms in total. The number of hydrogen-bond donors (Lipinski definition) is 3. The number of nitrogens with two attached hydrogens (primary N) is 1. The van der Waals surface area contributed by atoms with Gasteiger partial charge in [0, 0.05) is 12.2 Å². The van der Waals surface area contributed by atoms with Crippen molar-refractivity contribution in [3.05, 3.63) is 23.8 Å². The minimum absolute atomic E-state index is 0.245. The number of carbonyl (C=O) groups excluding carboxylic acids is 1.